The highest BCUT2D eigenvalue weighted by Crippen LogP contribution is 2.25. The maximum atomic E-state index is 12.4. The Morgan fingerprint density at radius 2 is 1.55 bits per heavy atom. The lowest BCUT2D eigenvalue weighted by molar-refractivity contribution is -0.192. The summed E-state index contributed by atoms with van der Waals surface area (Å²) in [6, 6.07) is 12.3. The van der Waals surface area contributed by atoms with Crippen LogP contribution in [-0.2, 0) is 4.79 Å². The molecule has 0 aliphatic heterocycles. The summed E-state index contributed by atoms with van der Waals surface area (Å²) in [6.07, 6.45) is -3.21. The average Bonchev–Trinajstić information content (AvgIpc) is 2.73. The third-order valence-corrected chi connectivity index (χ3v) is 4.34. The minimum absolute atomic E-state index is 0.203. The van der Waals surface area contributed by atoms with Gasteiger partial charge in [-0.2, -0.15) is 13.2 Å². The van der Waals surface area contributed by atoms with E-state index in [0.717, 1.165) is 31.5 Å². The van der Waals surface area contributed by atoms with Gasteiger partial charge in [-0.15, -0.1) is 0 Å². The molecule has 0 aromatic heterocycles. The Morgan fingerprint density at radius 1 is 0.970 bits per heavy atom. The molecule has 0 saturated heterocycles. The van der Waals surface area contributed by atoms with Crippen molar-refractivity contribution in [2.75, 3.05) is 23.3 Å². The van der Waals surface area contributed by atoms with Gasteiger partial charge in [-0.3, -0.25) is 4.79 Å². The van der Waals surface area contributed by atoms with Crippen molar-refractivity contribution in [3.8, 4) is 0 Å². The van der Waals surface area contributed by atoms with E-state index in [1.807, 2.05) is 19.1 Å². The van der Waals surface area contributed by atoms with Gasteiger partial charge < -0.3 is 20.4 Å². The number of hydrogen-bond donors (Lipinski definition) is 3. The number of alkyl halides is 3. The first-order chi connectivity index (χ1) is 15.4. The SMILES string of the molecule is CCCN(CCC)c1ccc(NC(=O)c2cccc(C)c2)cc1C(=O)O.O=C(O)C(F)(F)F. The normalized spacial score (nSPS) is 10.6. The predicted octanol–water partition coefficient (Wildman–Crippen LogP) is 5.21. The van der Waals surface area contributed by atoms with Crippen LogP contribution in [0.25, 0.3) is 0 Å². The molecule has 7 nitrogen and oxygen atoms in total. The molecule has 0 saturated carbocycles. The van der Waals surface area contributed by atoms with Gasteiger partial charge in [0.15, 0.2) is 0 Å². The molecule has 3 N–H and O–H groups in total. The van der Waals surface area contributed by atoms with Crippen LogP contribution >= 0.6 is 0 Å². The number of nitrogens with one attached hydrogen (secondary N) is 1. The van der Waals surface area contributed by atoms with Gasteiger partial charge in [0.2, 0.25) is 0 Å². The molecule has 0 aliphatic rings. The summed E-state index contributed by atoms with van der Waals surface area (Å²) >= 11 is 0. The zero-order valence-electron chi connectivity index (χ0n) is 18.6. The van der Waals surface area contributed by atoms with Crippen LogP contribution < -0.4 is 10.2 Å². The van der Waals surface area contributed by atoms with Gasteiger partial charge in [0.05, 0.1) is 11.3 Å². The second-order valence-corrected chi connectivity index (χ2v) is 7.15. The van der Waals surface area contributed by atoms with Gasteiger partial charge >= 0.3 is 18.1 Å². The second-order valence-electron chi connectivity index (χ2n) is 7.15. The van der Waals surface area contributed by atoms with Crippen molar-refractivity contribution in [1.29, 1.82) is 0 Å². The predicted molar refractivity (Wildman–Crippen MR) is 119 cm³/mol. The fraction of sp³-hybridized carbons (Fsp3) is 0.348. The highest BCUT2D eigenvalue weighted by atomic mass is 19.4. The Bertz CT molecular complexity index is 971. The lowest BCUT2D eigenvalue weighted by atomic mass is 10.1. The van der Waals surface area contributed by atoms with E-state index in [1.54, 1.807) is 24.3 Å². The number of carboxylic acid groups (broad SMARTS) is 2. The fourth-order valence-electron chi connectivity index (χ4n) is 2.94. The van der Waals surface area contributed by atoms with E-state index in [2.05, 4.69) is 24.1 Å². The molecule has 0 atom stereocenters. The molecule has 33 heavy (non-hydrogen) atoms. The number of amides is 1. The van der Waals surface area contributed by atoms with Crippen molar-refractivity contribution in [3.05, 3.63) is 59.2 Å². The molecule has 0 fully saturated rings. The summed E-state index contributed by atoms with van der Waals surface area (Å²) in [5, 5.41) is 19.5. The molecule has 0 unspecified atom stereocenters. The Hall–Kier alpha value is -3.56. The molecule has 0 radical (unpaired) electrons. The number of anilines is 2. The van der Waals surface area contributed by atoms with Gasteiger partial charge in [-0.1, -0.05) is 31.5 Å². The minimum atomic E-state index is -5.08. The number of rotatable bonds is 8. The molecular formula is C23H27F3N2O5. The number of carboxylic acids is 2. The molecule has 0 heterocycles. The zero-order valence-corrected chi connectivity index (χ0v) is 18.6. The molecule has 10 heteroatoms. The number of aryl methyl sites for hydroxylation is 1. The zero-order chi connectivity index (χ0) is 25.2. The third kappa shape index (κ3) is 8.83. The van der Waals surface area contributed by atoms with Crippen LogP contribution in [0.4, 0.5) is 24.5 Å². The summed E-state index contributed by atoms with van der Waals surface area (Å²) in [4.78, 5) is 35.1. The van der Waals surface area contributed by atoms with Crippen molar-refractivity contribution in [2.24, 2.45) is 0 Å². The summed E-state index contributed by atoms with van der Waals surface area (Å²) in [5.41, 5.74) is 2.91. The Balaban J connectivity index is 0.000000675. The number of carbonyl (C=O) groups is 3. The molecule has 0 bridgehead atoms. The van der Waals surface area contributed by atoms with Crippen LogP contribution in [0.15, 0.2) is 42.5 Å². The van der Waals surface area contributed by atoms with Crippen LogP contribution in [0.3, 0.4) is 0 Å². The lowest BCUT2D eigenvalue weighted by Gasteiger charge is -2.25. The van der Waals surface area contributed by atoms with E-state index in [1.165, 1.54) is 6.07 Å². The monoisotopic (exact) mass is 468 g/mol. The van der Waals surface area contributed by atoms with E-state index >= 15 is 0 Å². The summed E-state index contributed by atoms with van der Waals surface area (Å²) < 4.78 is 31.7. The molecule has 1 amide bonds. The van der Waals surface area contributed by atoms with Gasteiger partial charge in [0.25, 0.3) is 5.91 Å². The summed E-state index contributed by atoms with van der Waals surface area (Å²) in [6.45, 7) is 7.65. The summed E-state index contributed by atoms with van der Waals surface area (Å²) in [7, 11) is 0. The quantitative estimate of drug-likeness (QED) is 0.491. The second kappa shape index (κ2) is 12.5. The molecule has 0 spiro atoms. The van der Waals surface area contributed by atoms with Crippen molar-refractivity contribution in [1.82, 2.24) is 0 Å². The number of benzene rings is 2. The minimum Gasteiger partial charge on any atom is -0.478 e. The molecule has 2 aromatic rings. The first-order valence-electron chi connectivity index (χ1n) is 10.2. The van der Waals surface area contributed by atoms with E-state index in [0.29, 0.717) is 16.9 Å². The highest BCUT2D eigenvalue weighted by molar-refractivity contribution is 6.05. The van der Waals surface area contributed by atoms with Crippen LogP contribution in [0.5, 0.6) is 0 Å². The Morgan fingerprint density at radius 3 is 2.00 bits per heavy atom. The number of carbonyl (C=O) groups excluding carboxylic acids is 1. The maximum Gasteiger partial charge on any atom is 0.490 e. The van der Waals surface area contributed by atoms with Crippen molar-refractivity contribution >= 4 is 29.2 Å². The van der Waals surface area contributed by atoms with E-state index in [-0.39, 0.29) is 11.5 Å². The van der Waals surface area contributed by atoms with E-state index < -0.39 is 18.1 Å². The largest absolute Gasteiger partial charge is 0.490 e. The number of halogens is 3. The van der Waals surface area contributed by atoms with Gasteiger partial charge in [0.1, 0.15) is 0 Å². The molecule has 0 aliphatic carbocycles. The number of hydrogen-bond acceptors (Lipinski definition) is 4. The Labute approximate surface area is 189 Å². The van der Waals surface area contributed by atoms with Crippen molar-refractivity contribution in [2.45, 2.75) is 39.8 Å². The third-order valence-electron chi connectivity index (χ3n) is 4.34. The average molecular weight is 468 g/mol. The van der Waals surface area contributed by atoms with Crippen LogP contribution in [0.2, 0.25) is 0 Å². The van der Waals surface area contributed by atoms with Crippen molar-refractivity contribution < 1.29 is 37.8 Å². The lowest BCUT2D eigenvalue weighted by Crippen LogP contribution is -2.27. The standard InChI is InChI=1S/C21H26N2O3.C2HF3O2/c1-4-11-23(12-5-2)19-10-9-17(14-18(19)21(25)26)22-20(24)16-8-6-7-15(3)13-16;3-2(4,5)1(6)7/h6-10,13-14H,4-5,11-12H2,1-3H3,(H,22,24)(H,25,26);(H,6,7). The van der Waals surface area contributed by atoms with Crippen molar-refractivity contribution in [3.63, 3.8) is 0 Å². The van der Waals surface area contributed by atoms with E-state index in [4.69, 9.17) is 9.90 Å². The Kier molecular flexibility index (Phi) is 10.4. The number of nitrogens with zero attached hydrogens (tertiary/aromatic N) is 1. The van der Waals surface area contributed by atoms with Crippen LogP contribution in [-0.4, -0.2) is 47.3 Å². The van der Waals surface area contributed by atoms with E-state index in [9.17, 15) is 27.9 Å². The topological polar surface area (TPSA) is 107 Å². The molecule has 180 valence electrons. The van der Waals surface area contributed by atoms with Crippen LogP contribution in [0, 0.1) is 6.92 Å². The molecular weight excluding hydrogens is 441 g/mol. The number of aromatic carboxylic acids is 1. The highest BCUT2D eigenvalue weighted by Gasteiger charge is 2.38. The number of aliphatic carboxylic acids is 1. The first kappa shape index (κ1) is 27.5. The summed E-state index contributed by atoms with van der Waals surface area (Å²) in [5.74, 6) is -4.01. The fourth-order valence-corrected chi connectivity index (χ4v) is 2.94. The first-order valence-corrected chi connectivity index (χ1v) is 10.2. The molecule has 2 aromatic carbocycles. The van der Waals surface area contributed by atoms with Crippen LogP contribution in [0.1, 0.15) is 53.0 Å². The van der Waals surface area contributed by atoms with Gasteiger partial charge in [-0.25, -0.2) is 9.59 Å². The maximum absolute atomic E-state index is 12.4. The molecule has 2 rings (SSSR count). The van der Waals surface area contributed by atoms with Gasteiger partial charge in [-0.05, 0) is 50.1 Å². The smallest absolute Gasteiger partial charge is 0.478 e. The van der Waals surface area contributed by atoms with Gasteiger partial charge in [0, 0.05) is 24.3 Å².